The first-order valence-corrected chi connectivity index (χ1v) is 6.84. The summed E-state index contributed by atoms with van der Waals surface area (Å²) in [5, 5.41) is 4.22. The molecule has 3 heteroatoms. The van der Waals surface area contributed by atoms with Gasteiger partial charge in [-0.3, -0.25) is 0 Å². The molecule has 94 valence electrons. The standard InChI is InChI=1S/C14H21ClN2/c1-9-5-4-6-10(2)14(9)17-12-8-16-13(15)7-11(12)3/h7-10,14,17H,4-6H2,1-3H3. The first-order valence-electron chi connectivity index (χ1n) is 6.46. The molecule has 0 aromatic carbocycles. The quantitative estimate of drug-likeness (QED) is 0.795. The van der Waals surface area contributed by atoms with Gasteiger partial charge in [0.15, 0.2) is 0 Å². The molecule has 1 heterocycles. The van der Waals surface area contributed by atoms with Gasteiger partial charge >= 0.3 is 0 Å². The Labute approximate surface area is 109 Å². The number of pyridine rings is 1. The second-order valence-corrected chi connectivity index (χ2v) is 5.76. The summed E-state index contributed by atoms with van der Waals surface area (Å²) in [6.07, 6.45) is 5.86. The Morgan fingerprint density at radius 2 is 1.94 bits per heavy atom. The molecule has 2 rings (SSSR count). The van der Waals surface area contributed by atoms with Crippen LogP contribution in [-0.4, -0.2) is 11.0 Å². The van der Waals surface area contributed by atoms with Gasteiger partial charge in [-0.25, -0.2) is 4.98 Å². The van der Waals surface area contributed by atoms with E-state index >= 15 is 0 Å². The fraction of sp³-hybridized carbons (Fsp3) is 0.643. The van der Waals surface area contributed by atoms with Crippen LogP contribution in [0.4, 0.5) is 5.69 Å². The smallest absolute Gasteiger partial charge is 0.129 e. The minimum absolute atomic E-state index is 0.561. The van der Waals surface area contributed by atoms with Crippen molar-refractivity contribution in [3.63, 3.8) is 0 Å². The summed E-state index contributed by atoms with van der Waals surface area (Å²) in [6, 6.07) is 2.48. The van der Waals surface area contributed by atoms with E-state index in [-0.39, 0.29) is 0 Å². The van der Waals surface area contributed by atoms with Crippen LogP contribution in [0.15, 0.2) is 12.3 Å². The Balaban J connectivity index is 2.13. The fourth-order valence-electron chi connectivity index (χ4n) is 2.82. The number of hydrogen-bond donors (Lipinski definition) is 1. The van der Waals surface area contributed by atoms with Crippen molar-refractivity contribution in [2.75, 3.05) is 5.32 Å². The van der Waals surface area contributed by atoms with Gasteiger partial charge in [0.25, 0.3) is 0 Å². The number of hydrogen-bond acceptors (Lipinski definition) is 2. The molecular formula is C14H21ClN2. The van der Waals surface area contributed by atoms with E-state index in [2.05, 4.69) is 31.1 Å². The third kappa shape index (κ3) is 2.92. The zero-order chi connectivity index (χ0) is 12.4. The molecule has 2 atom stereocenters. The van der Waals surface area contributed by atoms with E-state index in [0.29, 0.717) is 11.2 Å². The number of halogens is 1. The molecule has 1 aliphatic carbocycles. The number of rotatable bonds is 2. The summed E-state index contributed by atoms with van der Waals surface area (Å²) in [4.78, 5) is 4.16. The molecule has 1 N–H and O–H groups in total. The maximum Gasteiger partial charge on any atom is 0.129 e. The highest BCUT2D eigenvalue weighted by Crippen LogP contribution is 2.32. The fourth-order valence-corrected chi connectivity index (χ4v) is 3.03. The van der Waals surface area contributed by atoms with Gasteiger partial charge in [-0.05, 0) is 43.2 Å². The SMILES string of the molecule is Cc1cc(Cl)ncc1NC1C(C)CCCC1C. The van der Waals surface area contributed by atoms with Gasteiger partial charge in [-0.15, -0.1) is 0 Å². The lowest BCUT2D eigenvalue weighted by atomic mass is 9.78. The number of anilines is 1. The molecule has 0 amide bonds. The van der Waals surface area contributed by atoms with Crippen LogP contribution in [-0.2, 0) is 0 Å². The Morgan fingerprint density at radius 1 is 1.29 bits per heavy atom. The number of nitrogens with zero attached hydrogens (tertiary/aromatic N) is 1. The summed E-state index contributed by atoms with van der Waals surface area (Å²) in [7, 11) is 0. The van der Waals surface area contributed by atoms with E-state index in [1.54, 1.807) is 0 Å². The minimum Gasteiger partial charge on any atom is -0.380 e. The van der Waals surface area contributed by atoms with Crippen molar-refractivity contribution < 1.29 is 0 Å². The highest BCUT2D eigenvalue weighted by molar-refractivity contribution is 6.29. The molecule has 2 unspecified atom stereocenters. The highest BCUT2D eigenvalue weighted by atomic mass is 35.5. The molecule has 17 heavy (non-hydrogen) atoms. The Hall–Kier alpha value is -0.760. The number of aryl methyl sites for hydroxylation is 1. The van der Waals surface area contributed by atoms with Crippen LogP contribution < -0.4 is 5.32 Å². The van der Waals surface area contributed by atoms with Crippen molar-refractivity contribution in [3.8, 4) is 0 Å². The van der Waals surface area contributed by atoms with Crippen LogP contribution in [0.5, 0.6) is 0 Å². The van der Waals surface area contributed by atoms with Crippen molar-refractivity contribution in [1.29, 1.82) is 0 Å². The molecular weight excluding hydrogens is 232 g/mol. The lowest BCUT2D eigenvalue weighted by Gasteiger charge is -2.36. The Bertz CT molecular complexity index is 382. The third-order valence-electron chi connectivity index (χ3n) is 3.94. The van der Waals surface area contributed by atoms with Gasteiger partial charge in [0.05, 0.1) is 11.9 Å². The summed E-state index contributed by atoms with van der Waals surface area (Å²) in [5.74, 6) is 1.46. The van der Waals surface area contributed by atoms with Crippen LogP contribution in [0.3, 0.4) is 0 Å². The van der Waals surface area contributed by atoms with Gasteiger partial charge in [0.2, 0.25) is 0 Å². The summed E-state index contributed by atoms with van der Waals surface area (Å²) in [5.41, 5.74) is 2.30. The van der Waals surface area contributed by atoms with Crippen molar-refractivity contribution in [1.82, 2.24) is 4.98 Å². The number of nitrogens with one attached hydrogen (secondary N) is 1. The molecule has 0 radical (unpaired) electrons. The molecule has 0 spiro atoms. The van der Waals surface area contributed by atoms with Gasteiger partial charge in [-0.2, -0.15) is 0 Å². The zero-order valence-electron chi connectivity index (χ0n) is 10.8. The molecule has 1 aromatic heterocycles. The second-order valence-electron chi connectivity index (χ2n) is 5.38. The first kappa shape index (κ1) is 12.7. The van der Waals surface area contributed by atoms with Crippen molar-refractivity contribution in [3.05, 3.63) is 23.0 Å². The van der Waals surface area contributed by atoms with Gasteiger partial charge in [0, 0.05) is 6.04 Å². The van der Waals surface area contributed by atoms with Crippen molar-refractivity contribution >= 4 is 17.3 Å². The first-order chi connectivity index (χ1) is 8.08. The second kappa shape index (κ2) is 5.26. The lowest BCUT2D eigenvalue weighted by molar-refractivity contribution is 0.268. The summed E-state index contributed by atoms with van der Waals surface area (Å²) in [6.45, 7) is 6.76. The van der Waals surface area contributed by atoms with E-state index < -0.39 is 0 Å². The van der Waals surface area contributed by atoms with E-state index in [9.17, 15) is 0 Å². The molecule has 0 bridgehead atoms. The monoisotopic (exact) mass is 252 g/mol. The van der Waals surface area contributed by atoms with E-state index in [1.165, 1.54) is 24.8 Å². The maximum absolute atomic E-state index is 5.88. The molecule has 0 saturated heterocycles. The Kier molecular flexibility index (Phi) is 3.93. The zero-order valence-corrected chi connectivity index (χ0v) is 11.6. The predicted molar refractivity (Wildman–Crippen MR) is 73.6 cm³/mol. The van der Waals surface area contributed by atoms with Gasteiger partial charge < -0.3 is 5.32 Å². The largest absolute Gasteiger partial charge is 0.380 e. The molecule has 2 nitrogen and oxygen atoms in total. The highest BCUT2D eigenvalue weighted by Gasteiger charge is 2.27. The van der Waals surface area contributed by atoms with Crippen LogP contribution in [0.2, 0.25) is 5.15 Å². The molecule has 1 aromatic rings. The number of aromatic nitrogens is 1. The Morgan fingerprint density at radius 3 is 2.53 bits per heavy atom. The lowest BCUT2D eigenvalue weighted by Crippen LogP contribution is -2.37. The van der Waals surface area contributed by atoms with Crippen molar-refractivity contribution in [2.24, 2.45) is 11.8 Å². The summed E-state index contributed by atoms with van der Waals surface area (Å²) >= 11 is 5.88. The average Bonchev–Trinajstić information content (AvgIpc) is 2.26. The normalized spacial score (nSPS) is 29.1. The van der Waals surface area contributed by atoms with Crippen LogP contribution in [0.25, 0.3) is 0 Å². The topological polar surface area (TPSA) is 24.9 Å². The van der Waals surface area contributed by atoms with E-state index in [0.717, 1.165) is 17.5 Å². The van der Waals surface area contributed by atoms with Crippen LogP contribution >= 0.6 is 11.6 Å². The third-order valence-corrected chi connectivity index (χ3v) is 4.15. The van der Waals surface area contributed by atoms with E-state index in [4.69, 9.17) is 11.6 Å². The van der Waals surface area contributed by atoms with E-state index in [1.807, 2.05) is 12.3 Å². The average molecular weight is 253 g/mol. The molecule has 0 aliphatic heterocycles. The van der Waals surface area contributed by atoms with Gasteiger partial charge in [0.1, 0.15) is 5.15 Å². The maximum atomic E-state index is 5.88. The summed E-state index contributed by atoms with van der Waals surface area (Å²) < 4.78 is 0. The van der Waals surface area contributed by atoms with Crippen LogP contribution in [0.1, 0.15) is 38.7 Å². The molecule has 1 fully saturated rings. The molecule has 1 saturated carbocycles. The van der Waals surface area contributed by atoms with Crippen LogP contribution in [0, 0.1) is 18.8 Å². The minimum atomic E-state index is 0.561. The van der Waals surface area contributed by atoms with Gasteiger partial charge in [-0.1, -0.05) is 31.9 Å². The molecule has 1 aliphatic rings. The predicted octanol–water partition coefficient (Wildman–Crippen LogP) is 4.28. The van der Waals surface area contributed by atoms with Crippen molar-refractivity contribution in [2.45, 2.75) is 46.1 Å².